The molecule has 0 radical (unpaired) electrons. The van der Waals surface area contributed by atoms with Gasteiger partial charge in [-0.25, -0.2) is 9.67 Å². The lowest BCUT2D eigenvalue weighted by atomic mass is 9.82. The number of aryl methyl sites for hydroxylation is 1. The van der Waals surface area contributed by atoms with E-state index in [1.165, 1.54) is 17.3 Å². The van der Waals surface area contributed by atoms with Crippen LogP contribution in [0.5, 0.6) is 0 Å². The molecule has 1 amide bonds. The van der Waals surface area contributed by atoms with Crippen molar-refractivity contribution >= 4 is 23.4 Å². The molecule has 0 aliphatic heterocycles. The first-order chi connectivity index (χ1) is 18.9. The maximum absolute atomic E-state index is 13.4. The molecule has 2 aromatic heterocycles. The third kappa shape index (κ3) is 5.27. The summed E-state index contributed by atoms with van der Waals surface area (Å²) in [6, 6.07) is 24.0. The Morgan fingerprint density at radius 2 is 1.87 bits per heavy atom. The Bertz CT molecular complexity index is 1600. The molecule has 198 valence electrons. The Balaban J connectivity index is 1.37. The number of pyridine rings is 1. The molecule has 0 fully saturated rings. The monoisotopic (exact) mass is 537 g/mol. The summed E-state index contributed by atoms with van der Waals surface area (Å²) < 4.78 is 3.28. The highest BCUT2D eigenvalue weighted by Crippen LogP contribution is 2.36. The van der Waals surface area contributed by atoms with E-state index < -0.39 is 5.25 Å². The van der Waals surface area contributed by atoms with E-state index in [4.69, 9.17) is 4.98 Å². The summed E-state index contributed by atoms with van der Waals surface area (Å²) >= 11 is 1.30. The quantitative estimate of drug-likeness (QED) is 0.313. The van der Waals surface area contributed by atoms with Crippen LogP contribution in [0.25, 0.3) is 5.69 Å². The normalized spacial score (nSPS) is 15.3. The molecule has 8 heteroatoms. The van der Waals surface area contributed by atoms with Crippen LogP contribution >= 0.6 is 11.8 Å². The second kappa shape index (κ2) is 11.3. The number of benzene rings is 2. The molecular weight excluding hydrogens is 506 g/mol. The minimum atomic E-state index is -0.507. The van der Waals surface area contributed by atoms with E-state index in [9.17, 15) is 14.9 Å². The molecule has 1 aliphatic carbocycles. The average molecular weight is 538 g/mol. The largest absolute Gasteiger partial charge is 0.319 e. The van der Waals surface area contributed by atoms with Crippen LogP contribution in [0.3, 0.4) is 0 Å². The van der Waals surface area contributed by atoms with E-state index in [-0.39, 0.29) is 17.2 Å². The summed E-state index contributed by atoms with van der Waals surface area (Å²) in [6.45, 7) is 3.73. The lowest BCUT2D eigenvalue weighted by Crippen LogP contribution is -2.28. The number of nitrogens with zero attached hydrogens (tertiary/aromatic N) is 4. The van der Waals surface area contributed by atoms with Crippen LogP contribution < -0.4 is 10.9 Å². The molecule has 2 atom stereocenters. The minimum absolute atomic E-state index is 0.260. The van der Waals surface area contributed by atoms with Crippen LogP contribution in [-0.2, 0) is 24.7 Å². The Morgan fingerprint density at radius 1 is 1.18 bits per heavy atom. The first kappa shape index (κ1) is 26.5. The number of nitriles is 1. The van der Waals surface area contributed by atoms with Crippen LogP contribution in [0.2, 0.25) is 0 Å². The summed E-state index contributed by atoms with van der Waals surface area (Å²) in [6.07, 6.45) is 3.21. The van der Waals surface area contributed by atoms with Crippen molar-refractivity contribution in [3.63, 3.8) is 0 Å². The summed E-state index contributed by atoms with van der Waals surface area (Å²) in [7, 11) is 1.80. The Labute approximate surface area is 232 Å². The van der Waals surface area contributed by atoms with Crippen LogP contribution in [0.15, 0.2) is 76.6 Å². The Kier molecular flexibility index (Phi) is 7.71. The van der Waals surface area contributed by atoms with Gasteiger partial charge in [0.25, 0.3) is 5.56 Å². The van der Waals surface area contributed by atoms with Crippen molar-refractivity contribution in [1.82, 2.24) is 14.3 Å². The van der Waals surface area contributed by atoms with Crippen molar-refractivity contribution in [1.29, 1.82) is 5.26 Å². The van der Waals surface area contributed by atoms with Crippen molar-refractivity contribution < 1.29 is 4.79 Å². The Hall–Kier alpha value is -4.09. The molecule has 7 nitrogen and oxygen atoms in total. The number of rotatable bonds is 7. The fraction of sp³-hybridized carbons (Fsp3) is 0.290. The number of carbonyl (C=O) groups is 1. The smallest absolute Gasteiger partial charge is 0.295 e. The molecular formula is C31H31N5O2S. The van der Waals surface area contributed by atoms with Gasteiger partial charge in [0.1, 0.15) is 16.8 Å². The SMILES string of the molecule is CCC(Sc1nc2c(cc1C#N)CC(c1ccccc1)CC2)C(=O)Nc1c(C)n(C)n(-c2ccccc2)c1=O. The van der Waals surface area contributed by atoms with E-state index in [2.05, 4.69) is 35.7 Å². The predicted octanol–water partition coefficient (Wildman–Crippen LogP) is 5.53. The molecule has 0 saturated carbocycles. The van der Waals surface area contributed by atoms with Gasteiger partial charge < -0.3 is 5.32 Å². The number of aromatic nitrogens is 3. The number of nitrogens with one attached hydrogen (secondary N) is 1. The first-order valence-corrected chi connectivity index (χ1v) is 14.1. The summed E-state index contributed by atoms with van der Waals surface area (Å²) in [4.78, 5) is 31.5. The number of fused-ring (bicyclic) bond motifs is 1. The van der Waals surface area contributed by atoms with E-state index in [0.29, 0.717) is 28.6 Å². The zero-order valence-electron chi connectivity index (χ0n) is 22.3. The number of thioether (sulfide) groups is 1. The molecule has 2 unspecified atom stereocenters. The van der Waals surface area contributed by atoms with Gasteiger partial charge >= 0.3 is 0 Å². The van der Waals surface area contributed by atoms with E-state index in [1.807, 2.05) is 56.3 Å². The number of hydrogen-bond acceptors (Lipinski definition) is 5. The Morgan fingerprint density at radius 3 is 2.54 bits per heavy atom. The molecule has 1 aliphatic rings. The average Bonchev–Trinajstić information content (AvgIpc) is 3.18. The van der Waals surface area contributed by atoms with Crippen LogP contribution in [0.1, 0.15) is 53.8 Å². The van der Waals surface area contributed by atoms with Crippen LogP contribution in [-0.4, -0.2) is 25.5 Å². The second-order valence-corrected chi connectivity index (χ2v) is 11.0. The highest BCUT2D eigenvalue weighted by molar-refractivity contribution is 8.00. The van der Waals surface area contributed by atoms with Gasteiger partial charge in [0.15, 0.2) is 0 Å². The van der Waals surface area contributed by atoms with Gasteiger partial charge in [-0.05, 0) is 67.9 Å². The molecule has 0 spiro atoms. The van der Waals surface area contributed by atoms with Crippen molar-refractivity contribution in [3.05, 3.63) is 105 Å². The van der Waals surface area contributed by atoms with Crippen molar-refractivity contribution in [2.45, 2.75) is 55.7 Å². The van der Waals surface area contributed by atoms with E-state index in [0.717, 1.165) is 36.2 Å². The van der Waals surface area contributed by atoms with Crippen molar-refractivity contribution in [2.24, 2.45) is 7.05 Å². The standard InChI is InChI=1S/C31H31N5O2S/c1-4-27(29(37)34-28-20(2)35(3)36(31(28)38)25-13-9-6-10-14-25)39-30-24(19-32)18-23-17-22(15-16-26(23)33-30)21-11-7-5-8-12-21/h5-14,18,22,27H,4,15-17H2,1-3H3,(H,34,37). The zero-order valence-corrected chi connectivity index (χ0v) is 23.2. The van der Waals surface area contributed by atoms with Gasteiger partial charge in [0.2, 0.25) is 5.91 Å². The summed E-state index contributed by atoms with van der Waals surface area (Å²) in [5.74, 6) is 0.134. The fourth-order valence-corrected chi connectivity index (χ4v) is 6.19. The van der Waals surface area contributed by atoms with E-state index >= 15 is 0 Å². The lowest BCUT2D eigenvalue weighted by Gasteiger charge is -2.25. The molecule has 5 rings (SSSR count). The molecule has 39 heavy (non-hydrogen) atoms. The van der Waals surface area contributed by atoms with Gasteiger partial charge in [-0.15, -0.1) is 0 Å². The molecule has 2 aromatic carbocycles. The van der Waals surface area contributed by atoms with Crippen LogP contribution in [0, 0.1) is 18.3 Å². The predicted molar refractivity (Wildman–Crippen MR) is 154 cm³/mol. The third-order valence-electron chi connectivity index (χ3n) is 7.46. The molecule has 2 heterocycles. The van der Waals surface area contributed by atoms with Gasteiger partial charge in [-0.2, -0.15) is 5.26 Å². The highest BCUT2D eigenvalue weighted by atomic mass is 32.2. The number of amides is 1. The van der Waals surface area contributed by atoms with Crippen LogP contribution in [0.4, 0.5) is 5.69 Å². The van der Waals surface area contributed by atoms with E-state index in [1.54, 1.807) is 16.4 Å². The third-order valence-corrected chi connectivity index (χ3v) is 8.83. The lowest BCUT2D eigenvalue weighted by molar-refractivity contribution is -0.115. The molecule has 1 N–H and O–H groups in total. The number of hydrogen-bond donors (Lipinski definition) is 1. The maximum Gasteiger partial charge on any atom is 0.295 e. The van der Waals surface area contributed by atoms with Crippen molar-refractivity contribution in [3.8, 4) is 11.8 Å². The highest BCUT2D eigenvalue weighted by Gasteiger charge is 2.27. The van der Waals surface area contributed by atoms with Gasteiger partial charge in [0, 0.05) is 12.7 Å². The first-order valence-electron chi connectivity index (χ1n) is 13.2. The maximum atomic E-state index is 13.4. The van der Waals surface area contributed by atoms with Gasteiger partial charge in [-0.1, -0.05) is 67.2 Å². The summed E-state index contributed by atoms with van der Waals surface area (Å²) in [5.41, 5.74) is 5.27. The molecule has 0 bridgehead atoms. The second-order valence-electron chi connectivity index (χ2n) is 9.85. The number of anilines is 1. The van der Waals surface area contributed by atoms with Gasteiger partial charge in [0.05, 0.1) is 22.2 Å². The summed E-state index contributed by atoms with van der Waals surface area (Å²) in [5, 5.41) is 12.9. The topological polar surface area (TPSA) is 92.7 Å². The van der Waals surface area contributed by atoms with Crippen molar-refractivity contribution in [2.75, 3.05) is 5.32 Å². The number of carbonyl (C=O) groups excluding carboxylic acids is 1. The number of para-hydroxylation sites is 1. The van der Waals surface area contributed by atoms with Gasteiger partial charge in [-0.3, -0.25) is 14.3 Å². The zero-order chi connectivity index (χ0) is 27.5. The molecule has 0 saturated heterocycles. The molecule has 4 aromatic rings. The fourth-order valence-electron chi connectivity index (χ4n) is 5.20. The minimum Gasteiger partial charge on any atom is -0.319 e.